The van der Waals surface area contributed by atoms with Gasteiger partial charge in [0, 0.05) is 27.3 Å². The van der Waals surface area contributed by atoms with Crippen molar-refractivity contribution in [2.45, 2.75) is 10.9 Å². The molecule has 0 amide bonds. The normalized spacial score (nSPS) is 12.4. The molecule has 5 heteroatoms. The molecule has 2 rings (SSSR count). The summed E-state index contributed by atoms with van der Waals surface area (Å²) in [7, 11) is 1.73. The molecule has 0 radical (unpaired) electrons. The van der Waals surface area contributed by atoms with Gasteiger partial charge in [0.25, 0.3) is 0 Å². The van der Waals surface area contributed by atoms with Gasteiger partial charge in [0.1, 0.15) is 0 Å². The van der Waals surface area contributed by atoms with Gasteiger partial charge in [0.15, 0.2) is 11.6 Å². The van der Waals surface area contributed by atoms with Crippen molar-refractivity contribution >= 4 is 23.4 Å². The highest BCUT2D eigenvalue weighted by molar-refractivity contribution is 7.99. The number of rotatable bonds is 5. The maximum Gasteiger partial charge on any atom is 0.163 e. The van der Waals surface area contributed by atoms with Gasteiger partial charge in [-0.15, -0.1) is 11.8 Å². The third kappa shape index (κ3) is 3.72. The molecule has 1 unspecified atom stereocenters. The monoisotopic (exact) mass is 313 g/mol. The Labute approximate surface area is 126 Å². The Morgan fingerprint density at radius 3 is 2.50 bits per heavy atom. The molecular weight excluding hydrogens is 300 g/mol. The van der Waals surface area contributed by atoms with Crippen LogP contribution >= 0.6 is 23.4 Å². The predicted molar refractivity (Wildman–Crippen MR) is 80.3 cm³/mol. The van der Waals surface area contributed by atoms with Crippen LogP contribution in [0.1, 0.15) is 11.6 Å². The summed E-state index contributed by atoms with van der Waals surface area (Å²) in [6.45, 7) is 0. The predicted octanol–water partition coefficient (Wildman–Crippen LogP) is 4.67. The fourth-order valence-electron chi connectivity index (χ4n) is 1.83. The number of hydrogen-bond donors (Lipinski definition) is 1. The zero-order valence-electron chi connectivity index (χ0n) is 10.9. The summed E-state index contributed by atoms with van der Waals surface area (Å²) in [5.41, 5.74) is 0.342. The highest BCUT2D eigenvalue weighted by Gasteiger charge is 2.16. The summed E-state index contributed by atoms with van der Waals surface area (Å²) in [5.74, 6) is -1.01. The molecule has 2 aromatic carbocycles. The van der Waals surface area contributed by atoms with Gasteiger partial charge in [0.2, 0.25) is 0 Å². The minimum Gasteiger partial charge on any atom is -0.312 e. The molecule has 0 saturated carbocycles. The maximum atomic E-state index is 13.8. The Hall–Kier alpha value is -1.10. The first-order chi connectivity index (χ1) is 9.61. The number of hydrogen-bond acceptors (Lipinski definition) is 2. The van der Waals surface area contributed by atoms with Crippen molar-refractivity contribution in [3.8, 4) is 0 Å². The van der Waals surface area contributed by atoms with E-state index in [9.17, 15) is 8.78 Å². The van der Waals surface area contributed by atoms with Crippen LogP contribution in [-0.2, 0) is 0 Å². The molecule has 0 spiro atoms. The molecule has 0 aliphatic carbocycles. The molecule has 0 aliphatic rings. The quantitative estimate of drug-likeness (QED) is 0.805. The second kappa shape index (κ2) is 7.07. The van der Waals surface area contributed by atoms with Crippen LogP contribution in [0.4, 0.5) is 8.78 Å². The Balaban J connectivity index is 2.09. The van der Waals surface area contributed by atoms with Crippen LogP contribution in [0.2, 0.25) is 5.02 Å². The first-order valence-electron chi connectivity index (χ1n) is 6.11. The van der Waals surface area contributed by atoms with Crippen LogP contribution < -0.4 is 5.32 Å². The highest BCUT2D eigenvalue weighted by Crippen LogP contribution is 2.27. The number of benzene rings is 2. The van der Waals surface area contributed by atoms with E-state index in [1.165, 1.54) is 6.07 Å². The van der Waals surface area contributed by atoms with E-state index < -0.39 is 11.6 Å². The molecule has 0 aromatic heterocycles. The lowest BCUT2D eigenvalue weighted by atomic mass is 10.1. The van der Waals surface area contributed by atoms with Crippen molar-refractivity contribution in [1.82, 2.24) is 5.32 Å². The summed E-state index contributed by atoms with van der Waals surface area (Å²) in [4.78, 5) is 1.03. The van der Waals surface area contributed by atoms with Crippen LogP contribution in [0.5, 0.6) is 0 Å². The van der Waals surface area contributed by atoms with Crippen molar-refractivity contribution in [3.05, 3.63) is 64.7 Å². The van der Waals surface area contributed by atoms with Gasteiger partial charge in [-0.2, -0.15) is 0 Å². The van der Waals surface area contributed by atoms with Crippen LogP contribution in [0, 0.1) is 11.6 Å². The van der Waals surface area contributed by atoms with Gasteiger partial charge in [-0.1, -0.05) is 23.7 Å². The number of nitrogens with one attached hydrogen (secondary N) is 1. The van der Waals surface area contributed by atoms with Gasteiger partial charge in [-0.3, -0.25) is 0 Å². The van der Waals surface area contributed by atoms with Crippen LogP contribution in [0.15, 0.2) is 47.4 Å². The van der Waals surface area contributed by atoms with E-state index in [0.29, 0.717) is 16.3 Å². The molecule has 0 heterocycles. The molecule has 2 aromatic rings. The number of thioether (sulfide) groups is 1. The largest absolute Gasteiger partial charge is 0.312 e. The van der Waals surface area contributed by atoms with Crippen LogP contribution in [0.25, 0.3) is 0 Å². The molecule has 0 saturated heterocycles. The lowest BCUT2D eigenvalue weighted by Gasteiger charge is -2.17. The van der Waals surface area contributed by atoms with Gasteiger partial charge in [0.05, 0.1) is 0 Å². The summed E-state index contributed by atoms with van der Waals surface area (Å²) >= 11 is 7.38. The second-order valence-electron chi connectivity index (χ2n) is 4.25. The van der Waals surface area contributed by atoms with Crippen molar-refractivity contribution in [3.63, 3.8) is 0 Å². The molecule has 1 atom stereocenters. The van der Waals surface area contributed by atoms with E-state index in [2.05, 4.69) is 5.32 Å². The first-order valence-corrected chi connectivity index (χ1v) is 7.47. The van der Waals surface area contributed by atoms with Crippen LogP contribution in [0.3, 0.4) is 0 Å². The second-order valence-corrected chi connectivity index (χ2v) is 5.78. The average molecular weight is 314 g/mol. The smallest absolute Gasteiger partial charge is 0.163 e. The Morgan fingerprint density at radius 1 is 1.15 bits per heavy atom. The Morgan fingerprint density at radius 2 is 1.85 bits per heavy atom. The van der Waals surface area contributed by atoms with Crippen molar-refractivity contribution in [2.75, 3.05) is 12.8 Å². The van der Waals surface area contributed by atoms with E-state index in [-0.39, 0.29) is 6.04 Å². The van der Waals surface area contributed by atoms with E-state index in [4.69, 9.17) is 11.6 Å². The molecule has 20 heavy (non-hydrogen) atoms. The zero-order valence-corrected chi connectivity index (χ0v) is 12.4. The molecular formula is C15H14ClF2NS. The molecule has 1 nitrogen and oxygen atoms in total. The standard InChI is InChI=1S/C15H14ClF2NS/c1-19-14(12-3-2-4-13(17)15(12)18)9-20-11-7-5-10(16)6-8-11/h2-8,14,19H,9H2,1H3. The van der Waals surface area contributed by atoms with Gasteiger partial charge in [-0.05, 0) is 37.4 Å². The third-order valence-electron chi connectivity index (χ3n) is 2.94. The fourth-order valence-corrected chi connectivity index (χ4v) is 2.99. The summed E-state index contributed by atoms with van der Waals surface area (Å²) in [6, 6.07) is 11.4. The highest BCUT2D eigenvalue weighted by atomic mass is 35.5. The minimum atomic E-state index is -0.820. The molecule has 1 N–H and O–H groups in total. The van der Waals surface area contributed by atoms with E-state index in [1.54, 1.807) is 37.0 Å². The molecule has 106 valence electrons. The average Bonchev–Trinajstić information content (AvgIpc) is 2.45. The van der Waals surface area contributed by atoms with Gasteiger partial charge in [-0.25, -0.2) is 8.78 Å². The topological polar surface area (TPSA) is 12.0 Å². The van der Waals surface area contributed by atoms with E-state index in [1.807, 2.05) is 12.1 Å². The van der Waals surface area contributed by atoms with Crippen molar-refractivity contribution in [2.24, 2.45) is 0 Å². The van der Waals surface area contributed by atoms with Crippen molar-refractivity contribution < 1.29 is 8.78 Å². The summed E-state index contributed by atoms with van der Waals surface area (Å²) in [6.07, 6.45) is 0. The zero-order chi connectivity index (χ0) is 14.5. The summed E-state index contributed by atoms with van der Waals surface area (Å²) in [5, 5.41) is 3.69. The lowest BCUT2D eigenvalue weighted by molar-refractivity contribution is 0.484. The summed E-state index contributed by atoms with van der Waals surface area (Å²) < 4.78 is 27.0. The molecule has 0 fully saturated rings. The van der Waals surface area contributed by atoms with Crippen LogP contribution in [-0.4, -0.2) is 12.8 Å². The first kappa shape index (κ1) is 15.3. The van der Waals surface area contributed by atoms with Gasteiger partial charge < -0.3 is 5.32 Å². The van der Waals surface area contributed by atoms with Gasteiger partial charge >= 0.3 is 0 Å². The van der Waals surface area contributed by atoms with E-state index in [0.717, 1.165) is 11.0 Å². The number of halogens is 3. The third-order valence-corrected chi connectivity index (χ3v) is 4.29. The lowest BCUT2D eigenvalue weighted by Crippen LogP contribution is -2.20. The Bertz CT molecular complexity index is 575. The van der Waals surface area contributed by atoms with Crippen molar-refractivity contribution in [1.29, 1.82) is 0 Å². The fraction of sp³-hybridized carbons (Fsp3) is 0.200. The maximum absolute atomic E-state index is 13.8. The minimum absolute atomic E-state index is 0.258. The molecule has 0 aliphatic heterocycles. The SMILES string of the molecule is CNC(CSc1ccc(Cl)cc1)c1cccc(F)c1F. The Kier molecular flexibility index (Phi) is 5.40. The van der Waals surface area contributed by atoms with E-state index >= 15 is 0 Å². The molecule has 0 bridgehead atoms.